The minimum atomic E-state index is -2.06. The van der Waals surface area contributed by atoms with Crippen molar-refractivity contribution >= 4 is 24.5 Å². The van der Waals surface area contributed by atoms with E-state index in [1.165, 1.54) is 0 Å². The number of methoxy groups -OCH3 is 2. The van der Waals surface area contributed by atoms with Crippen LogP contribution >= 0.6 is 18.8 Å². The van der Waals surface area contributed by atoms with Crippen LogP contribution in [0, 0.1) is 9.62 Å². The summed E-state index contributed by atoms with van der Waals surface area (Å²) in [7, 11) is 14.5. The summed E-state index contributed by atoms with van der Waals surface area (Å²) in [5.74, 6) is 0.900. The molecule has 0 aliphatic rings. The maximum Gasteiger partial charge on any atom is 0.0696 e. The van der Waals surface area contributed by atoms with Crippen LogP contribution in [0.25, 0.3) is 5.73 Å². The van der Waals surface area contributed by atoms with Crippen LogP contribution in [-0.4, -0.2) is 27.4 Å². The fraction of sp³-hybridized carbons (Fsp3) is 0.667. The Bertz CT molecular complexity index is 563. The van der Waals surface area contributed by atoms with Gasteiger partial charge in [0.25, 0.3) is 0 Å². The molecular weight excluding hydrogens is 553 g/mol. The largest absolute Gasteiger partial charge is 0.698 e. The first-order chi connectivity index (χ1) is 12.4. The summed E-state index contributed by atoms with van der Waals surface area (Å²) < 4.78 is 12.4. The van der Waals surface area contributed by atoms with Gasteiger partial charge in [0, 0.05) is 14.2 Å². The number of hydrogen-bond acceptors (Lipinski definition) is 2. The summed E-state index contributed by atoms with van der Waals surface area (Å²) in [5.41, 5.74) is 11.1. The summed E-state index contributed by atoms with van der Waals surface area (Å²) >= 11 is -2.06. The molecule has 6 heteroatoms. The zero-order chi connectivity index (χ0) is 21.6. The summed E-state index contributed by atoms with van der Waals surface area (Å²) in [4.78, 5) is 0. The van der Waals surface area contributed by atoms with Gasteiger partial charge in [0.05, 0.1) is 13.2 Å². The van der Waals surface area contributed by atoms with Gasteiger partial charge in [-0.25, -0.2) is 0 Å². The molecule has 0 spiro atoms. The number of rotatable bonds is 5. The van der Waals surface area contributed by atoms with Crippen molar-refractivity contribution in [2.24, 2.45) is 5.41 Å². The minimum absolute atomic E-state index is 0.0945. The standard InChI is InChI=1S/C12H18N.C5H9.C4H10O2.2ClH.W/c1-8(2)10-6-5-7-11(9(3)4)12(10)13;1-5(2,3)4;1-5-3-4-6-2;;;/h5-9,13H,1-4H3;1-3H3;3-4H2,1-2H3;2*1H;/q-1;;;;;+2/p-2. The third kappa shape index (κ3) is 16.6. The molecule has 0 aromatic heterocycles. The van der Waals surface area contributed by atoms with Gasteiger partial charge in [-0.2, -0.15) is 0 Å². The molecule has 0 fully saturated rings. The van der Waals surface area contributed by atoms with E-state index in [1.807, 2.05) is 0 Å². The average molecular weight is 590 g/mol. The molecule has 159 valence electrons. The molecule has 0 saturated heterocycles. The molecule has 1 rings (SSSR count). The zero-order valence-corrected chi connectivity index (χ0v) is 22.7. The smallest absolute Gasteiger partial charge is 0.0696 e. The molecule has 0 heterocycles. The van der Waals surface area contributed by atoms with Gasteiger partial charge in [-0.15, -0.1) is 5.69 Å². The molecule has 0 bridgehead atoms. The first-order valence-electron chi connectivity index (χ1n) is 9.04. The Morgan fingerprint density at radius 3 is 1.52 bits per heavy atom. The summed E-state index contributed by atoms with van der Waals surface area (Å²) in [6, 6.07) is 6.17. The molecule has 3 nitrogen and oxygen atoms in total. The second-order valence-corrected chi connectivity index (χ2v) is 16.3. The third-order valence-electron chi connectivity index (χ3n) is 3.25. The molecular formula is C21H37Cl2NO2W-. The quantitative estimate of drug-likeness (QED) is 0.329. The Morgan fingerprint density at radius 1 is 0.963 bits per heavy atom. The van der Waals surface area contributed by atoms with Crippen LogP contribution in [0.15, 0.2) is 18.2 Å². The van der Waals surface area contributed by atoms with Crippen LogP contribution in [0.2, 0.25) is 0 Å². The van der Waals surface area contributed by atoms with Gasteiger partial charge in [0.1, 0.15) is 0 Å². The van der Waals surface area contributed by atoms with Gasteiger partial charge in [0.15, 0.2) is 0 Å². The van der Waals surface area contributed by atoms with Crippen LogP contribution in [-0.2, 0) is 24.0 Å². The Balaban J connectivity index is 0. The van der Waals surface area contributed by atoms with Gasteiger partial charge in [-0.3, -0.25) is 0 Å². The van der Waals surface area contributed by atoms with E-state index in [9.17, 15) is 0 Å². The fourth-order valence-corrected chi connectivity index (χ4v) is 7.40. The van der Waals surface area contributed by atoms with Crippen LogP contribution < -0.4 is 0 Å². The SMILES string of the molecule is CC(C)(C)[C]#[W]([Cl])[Cl].CC(C)c1cccc(C(C)C)c1[NH-].COCCOC. The molecule has 0 unspecified atom stereocenters. The van der Waals surface area contributed by atoms with Crippen molar-refractivity contribution in [3.05, 3.63) is 35.1 Å². The van der Waals surface area contributed by atoms with E-state index in [1.54, 1.807) is 14.2 Å². The van der Waals surface area contributed by atoms with Gasteiger partial charge >= 0.3 is 63.8 Å². The van der Waals surface area contributed by atoms with Crippen molar-refractivity contribution < 1.29 is 24.0 Å². The molecule has 0 saturated carbocycles. The summed E-state index contributed by atoms with van der Waals surface area (Å²) in [6.07, 6.45) is 0. The summed E-state index contributed by atoms with van der Waals surface area (Å²) in [6.45, 7) is 16.1. The van der Waals surface area contributed by atoms with E-state index in [4.69, 9.17) is 24.6 Å². The molecule has 0 aliphatic carbocycles. The number of benzene rings is 1. The van der Waals surface area contributed by atoms with Crippen molar-refractivity contribution in [2.75, 3.05) is 27.4 Å². The molecule has 0 amide bonds. The maximum absolute atomic E-state index is 8.01. The van der Waals surface area contributed by atoms with E-state index >= 15 is 0 Å². The Hall–Kier alpha value is -0.0117. The molecule has 0 aliphatic heterocycles. The second-order valence-electron chi connectivity index (χ2n) is 7.67. The second kappa shape index (κ2) is 15.9. The maximum atomic E-state index is 8.01. The predicted molar refractivity (Wildman–Crippen MR) is 117 cm³/mol. The first-order valence-corrected chi connectivity index (χ1v) is 17.8. The normalized spacial score (nSPS) is 10.6. The van der Waals surface area contributed by atoms with E-state index in [2.05, 4.69) is 80.3 Å². The number of ether oxygens (including phenoxy) is 2. The number of nitrogens with one attached hydrogen (secondary N) is 1. The first kappa shape index (κ1) is 29.2. The Labute approximate surface area is 180 Å². The molecule has 1 aromatic rings. The van der Waals surface area contributed by atoms with Gasteiger partial charge < -0.3 is 15.2 Å². The van der Waals surface area contributed by atoms with E-state index in [0.717, 1.165) is 16.8 Å². The monoisotopic (exact) mass is 589 g/mol. The fourth-order valence-electron chi connectivity index (χ4n) is 1.95. The van der Waals surface area contributed by atoms with Crippen LogP contribution in [0.3, 0.4) is 0 Å². The predicted octanol–water partition coefficient (Wildman–Crippen LogP) is 7.81. The van der Waals surface area contributed by atoms with Gasteiger partial charge in [-0.05, 0) is 11.8 Å². The van der Waals surface area contributed by atoms with E-state index in [-0.39, 0.29) is 5.41 Å². The van der Waals surface area contributed by atoms with Crippen molar-refractivity contribution in [3.8, 4) is 4.20 Å². The Kier molecular flexibility index (Phi) is 17.1. The van der Waals surface area contributed by atoms with Gasteiger partial charge in [-0.1, -0.05) is 57.0 Å². The number of halogens is 2. The van der Waals surface area contributed by atoms with E-state index < -0.39 is 14.6 Å². The zero-order valence-electron chi connectivity index (χ0n) is 18.3. The van der Waals surface area contributed by atoms with Crippen molar-refractivity contribution in [1.82, 2.24) is 0 Å². The molecule has 0 atom stereocenters. The molecule has 1 N–H and O–H groups in total. The average Bonchev–Trinajstić information content (AvgIpc) is 2.51. The van der Waals surface area contributed by atoms with Crippen LogP contribution in [0.5, 0.6) is 0 Å². The van der Waals surface area contributed by atoms with Gasteiger partial charge in [0.2, 0.25) is 0 Å². The summed E-state index contributed by atoms with van der Waals surface area (Å²) in [5, 5.41) is 0. The van der Waals surface area contributed by atoms with Crippen molar-refractivity contribution in [1.29, 1.82) is 0 Å². The minimum Gasteiger partial charge on any atom is -0.698 e. The van der Waals surface area contributed by atoms with Crippen LogP contribution in [0.1, 0.15) is 71.4 Å². The van der Waals surface area contributed by atoms with Crippen molar-refractivity contribution in [3.63, 3.8) is 0 Å². The third-order valence-corrected chi connectivity index (χ3v) is 7.27. The molecule has 27 heavy (non-hydrogen) atoms. The van der Waals surface area contributed by atoms with E-state index in [0.29, 0.717) is 25.0 Å². The topological polar surface area (TPSA) is 42.3 Å². The molecule has 0 radical (unpaired) electrons. The number of hydrogen-bond donors (Lipinski definition) is 0. The van der Waals surface area contributed by atoms with Crippen molar-refractivity contribution in [2.45, 2.75) is 60.3 Å². The van der Waals surface area contributed by atoms with Crippen LogP contribution in [0.4, 0.5) is 5.69 Å². The molecule has 1 aromatic carbocycles. The Morgan fingerprint density at radius 2 is 1.33 bits per heavy atom.